The van der Waals surface area contributed by atoms with Crippen LogP contribution in [-0.4, -0.2) is 13.2 Å². The zero-order chi connectivity index (χ0) is 8.69. The quantitative estimate of drug-likeness (QED) is 0.530. The van der Waals surface area contributed by atoms with Gasteiger partial charge in [0.15, 0.2) is 0 Å². The molecule has 1 nitrogen and oxygen atoms in total. The Balaban J connectivity index is 0.000000461. The fourth-order valence-electron chi connectivity index (χ4n) is 1.21. The lowest BCUT2D eigenvalue weighted by Gasteiger charge is -2.19. The van der Waals surface area contributed by atoms with E-state index in [1.54, 1.807) is 7.11 Å². The zero-order valence-corrected chi connectivity index (χ0v) is 8.13. The van der Waals surface area contributed by atoms with E-state index in [2.05, 4.69) is 19.1 Å². The van der Waals surface area contributed by atoms with E-state index in [1.807, 2.05) is 13.8 Å². The summed E-state index contributed by atoms with van der Waals surface area (Å²) in [4.78, 5) is 0. The summed E-state index contributed by atoms with van der Waals surface area (Å²) < 4.78 is 5.17. The number of ether oxygens (including phenoxy) is 1. The molecule has 1 rings (SSSR count). The molecule has 2 unspecified atom stereocenters. The second-order valence-corrected chi connectivity index (χ2v) is 2.78. The van der Waals surface area contributed by atoms with Gasteiger partial charge in [0.25, 0.3) is 0 Å². The summed E-state index contributed by atoms with van der Waals surface area (Å²) in [6, 6.07) is 0. The van der Waals surface area contributed by atoms with Gasteiger partial charge >= 0.3 is 0 Å². The van der Waals surface area contributed by atoms with Gasteiger partial charge < -0.3 is 4.74 Å². The van der Waals surface area contributed by atoms with Crippen molar-refractivity contribution in [3.05, 3.63) is 12.2 Å². The second kappa shape index (κ2) is 6.41. The molecule has 0 heterocycles. The van der Waals surface area contributed by atoms with Crippen molar-refractivity contribution in [3.8, 4) is 0 Å². The first-order valence-corrected chi connectivity index (χ1v) is 4.52. The average molecular weight is 156 g/mol. The van der Waals surface area contributed by atoms with Gasteiger partial charge in [0, 0.05) is 7.11 Å². The molecule has 0 N–H and O–H groups in total. The van der Waals surface area contributed by atoms with Crippen molar-refractivity contribution in [3.63, 3.8) is 0 Å². The topological polar surface area (TPSA) is 9.23 Å². The van der Waals surface area contributed by atoms with Crippen LogP contribution in [0.3, 0.4) is 0 Å². The van der Waals surface area contributed by atoms with E-state index < -0.39 is 0 Å². The van der Waals surface area contributed by atoms with Crippen LogP contribution in [0.15, 0.2) is 12.2 Å². The number of methoxy groups -OCH3 is 1. The Labute approximate surface area is 70.4 Å². The third-order valence-electron chi connectivity index (χ3n) is 1.83. The SMILES string of the molecule is CC.COC1C=CCC(C)C1. The van der Waals surface area contributed by atoms with Crippen LogP contribution < -0.4 is 0 Å². The van der Waals surface area contributed by atoms with Crippen LogP contribution in [0.5, 0.6) is 0 Å². The molecule has 0 aromatic rings. The molecule has 0 aromatic carbocycles. The van der Waals surface area contributed by atoms with E-state index in [0.29, 0.717) is 6.10 Å². The summed E-state index contributed by atoms with van der Waals surface area (Å²) in [6.07, 6.45) is 7.16. The molecule has 1 aliphatic carbocycles. The third kappa shape index (κ3) is 4.20. The Morgan fingerprint density at radius 3 is 2.36 bits per heavy atom. The lowest BCUT2D eigenvalue weighted by molar-refractivity contribution is 0.114. The minimum absolute atomic E-state index is 0.383. The molecule has 0 amide bonds. The molecule has 0 fully saturated rings. The number of rotatable bonds is 1. The highest BCUT2D eigenvalue weighted by molar-refractivity contribution is 4.96. The molecule has 1 heteroatoms. The summed E-state index contributed by atoms with van der Waals surface area (Å²) in [6.45, 7) is 6.26. The highest BCUT2D eigenvalue weighted by Crippen LogP contribution is 2.18. The van der Waals surface area contributed by atoms with E-state index >= 15 is 0 Å². The Morgan fingerprint density at radius 2 is 2.00 bits per heavy atom. The molecule has 0 spiro atoms. The monoisotopic (exact) mass is 156 g/mol. The summed E-state index contributed by atoms with van der Waals surface area (Å²) >= 11 is 0. The van der Waals surface area contributed by atoms with Crippen molar-refractivity contribution < 1.29 is 4.74 Å². The number of hydrogen-bond acceptors (Lipinski definition) is 1. The summed E-state index contributed by atoms with van der Waals surface area (Å²) in [5, 5.41) is 0. The Hall–Kier alpha value is -0.300. The van der Waals surface area contributed by atoms with Crippen LogP contribution in [0.4, 0.5) is 0 Å². The normalized spacial score (nSPS) is 29.1. The predicted octanol–water partition coefficient (Wildman–Crippen LogP) is 3.01. The van der Waals surface area contributed by atoms with Crippen molar-refractivity contribution in [2.75, 3.05) is 7.11 Å². The van der Waals surface area contributed by atoms with Gasteiger partial charge in [-0.3, -0.25) is 0 Å². The maximum absolute atomic E-state index is 5.17. The molecule has 0 aromatic heterocycles. The molecule has 0 bridgehead atoms. The van der Waals surface area contributed by atoms with Crippen molar-refractivity contribution in [2.45, 2.75) is 39.7 Å². The van der Waals surface area contributed by atoms with Gasteiger partial charge in [-0.05, 0) is 18.8 Å². The van der Waals surface area contributed by atoms with E-state index in [-0.39, 0.29) is 0 Å². The first-order valence-electron chi connectivity index (χ1n) is 4.52. The molecular formula is C10H20O. The lowest BCUT2D eigenvalue weighted by Crippen LogP contribution is -2.14. The largest absolute Gasteiger partial charge is 0.377 e. The minimum Gasteiger partial charge on any atom is -0.377 e. The minimum atomic E-state index is 0.383. The Bertz CT molecular complexity index is 107. The van der Waals surface area contributed by atoms with Crippen molar-refractivity contribution in [1.82, 2.24) is 0 Å². The van der Waals surface area contributed by atoms with E-state index in [1.165, 1.54) is 12.8 Å². The summed E-state index contributed by atoms with van der Waals surface area (Å²) in [5.41, 5.74) is 0. The van der Waals surface area contributed by atoms with Crippen LogP contribution in [0.25, 0.3) is 0 Å². The molecule has 0 radical (unpaired) electrons. The molecule has 0 aliphatic heterocycles. The maximum atomic E-state index is 5.17. The van der Waals surface area contributed by atoms with Gasteiger partial charge in [-0.1, -0.05) is 32.9 Å². The molecule has 2 atom stereocenters. The molecule has 11 heavy (non-hydrogen) atoms. The van der Waals surface area contributed by atoms with E-state index in [0.717, 1.165) is 5.92 Å². The van der Waals surface area contributed by atoms with Gasteiger partial charge in [-0.25, -0.2) is 0 Å². The van der Waals surface area contributed by atoms with Crippen LogP contribution in [0.2, 0.25) is 0 Å². The van der Waals surface area contributed by atoms with E-state index in [4.69, 9.17) is 4.74 Å². The van der Waals surface area contributed by atoms with E-state index in [9.17, 15) is 0 Å². The highest BCUT2D eigenvalue weighted by Gasteiger charge is 2.12. The summed E-state index contributed by atoms with van der Waals surface area (Å²) in [5.74, 6) is 0.806. The van der Waals surface area contributed by atoms with Crippen LogP contribution in [0, 0.1) is 5.92 Å². The van der Waals surface area contributed by atoms with Gasteiger partial charge in [0.2, 0.25) is 0 Å². The van der Waals surface area contributed by atoms with Crippen molar-refractivity contribution in [1.29, 1.82) is 0 Å². The summed E-state index contributed by atoms with van der Waals surface area (Å²) in [7, 11) is 1.77. The van der Waals surface area contributed by atoms with Crippen LogP contribution >= 0.6 is 0 Å². The first-order chi connectivity index (χ1) is 5.33. The smallest absolute Gasteiger partial charge is 0.0754 e. The van der Waals surface area contributed by atoms with Gasteiger partial charge in [-0.2, -0.15) is 0 Å². The second-order valence-electron chi connectivity index (χ2n) is 2.78. The van der Waals surface area contributed by atoms with Crippen LogP contribution in [-0.2, 0) is 4.74 Å². The standard InChI is InChI=1S/C8H14O.C2H6/c1-7-4-3-5-8(6-7)9-2;1-2/h3,5,7-8H,4,6H2,1-2H3;1-2H3. The molecule has 1 aliphatic rings. The Morgan fingerprint density at radius 1 is 1.36 bits per heavy atom. The number of hydrogen-bond donors (Lipinski definition) is 0. The molecule has 0 saturated heterocycles. The fourth-order valence-corrected chi connectivity index (χ4v) is 1.21. The first kappa shape index (κ1) is 10.7. The third-order valence-corrected chi connectivity index (χ3v) is 1.83. The van der Waals surface area contributed by atoms with Gasteiger partial charge in [-0.15, -0.1) is 0 Å². The van der Waals surface area contributed by atoms with Crippen molar-refractivity contribution in [2.24, 2.45) is 5.92 Å². The molecular weight excluding hydrogens is 136 g/mol. The molecule has 0 saturated carbocycles. The van der Waals surface area contributed by atoms with Crippen LogP contribution in [0.1, 0.15) is 33.6 Å². The molecule has 66 valence electrons. The van der Waals surface area contributed by atoms with Crippen molar-refractivity contribution >= 4 is 0 Å². The number of allylic oxidation sites excluding steroid dienone is 1. The lowest BCUT2D eigenvalue weighted by atomic mass is 9.94. The Kier molecular flexibility index (Phi) is 6.24. The van der Waals surface area contributed by atoms with Gasteiger partial charge in [0.05, 0.1) is 6.10 Å². The maximum Gasteiger partial charge on any atom is 0.0754 e. The zero-order valence-electron chi connectivity index (χ0n) is 8.13. The predicted molar refractivity (Wildman–Crippen MR) is 49.7 cm³/mol. The highest BCUT2D eigenvalue weighted by atomic mass is 16.5. The fraction of sp³-hybridized carbons (Fsp3) is 0.800. The van der Waals surface area contributed by atoms with Gasteiger partial charge in [0.1, 0.15) is 0 Å². The average Bonchev–Trinajstić information content (AvgIpc) is 2.08.